The van der Waals surface area contributed by atoms with Crippen LogP contribution >= 0.6 is 15.9 Å². The summed E-state index contributed by atoms with van der Waals surface area (Å²) in [5, 5.41) is 2.70. The normalized spacial score (nSPS) is 9.87. The van der Waals surface area contributed by atoms with Gasteiger partial charge in [0.1, 0.15) is 0 Å². The molecule has 0 saturated carbocycles. The number of hydrogen-bond acceptors (Lipinski definition) is 2. The van der Waals surface area contributed by atoms with Crippen molar-refractivity contribution in [3.63, 3.8) is 0 Å². The minimum absolute atomic E-state index is 0.369. The van der Waals surface area contributed by atoms with Gasteiger partial charge in [0.2, 0.25) is 0 Å². The summed E-state index contributed by atoms with van der Waals surface area (Å²) >= 11 is 3.41. The predicted octanol–water partition coefficient (Wildman–Crippen LogP) is 3.63. The fourth-order valence-electron chi connectivity index (χ4n) is 1.34. The van der Waals surface area contributed by atoms with Crippen LogP contribution in [-0.4, -0.2) is 12.7 Å². The number of aryl methyl sites for hydroxylation is 2. The Morgan fingerprint density at radius 3 is 2.67 bits per heavy atom. The maximum absolute atomic E-state index is 11.2. The molecular formula is C11H14BrNO2. The number of benzene rings is 1. The predicted molar refractivity (Wildman–Crippen MR) is 64.3 cm³/mol. The molecule has 0 aliphatic carbocycles. The van der Waals surface area contributed by atoms with E-state index in [1.54, 1.807) is 6.92 Å². The van der Waals surface area contributed by atoms with E-state index in [1.807, 2.05) is 26.0 Å². The number of ether oxygens (including phenoxy) is 1. The second kappa shape index (κ2) is 5.16. The zero-order chi connectivity index (χ0) is 11.4. The van der Waals surface area contributed by atoms with E-state index in [2.05, 4.69) is 21.2 Å². The van der Waals surface area contributed by atoms with Crippen LogP contribution in [0.1, 0.15) is 18.1 Å². The summed E-state index contributed by atoms with van der Waals surface area (Å²) in [6.45, 7) is 6.09. The van der Waals surface area contributed by atoms with Crippen LogP contribution in [-0.2, 0) is 4.74 Å². The molecule has 0 aliphatic heterocycles. The largest absolute Gasteiger partial charge is 0.450 e. The number of rotatable bonds is 2. The van der Waals surface area contributed by atoms with Gasteiger partial charge in [0, 0.05) is 4.47 Å². The third-order valence-corrected chi connectivity index (χ3v) is 2.56. The van der Waals surface area contributed by atoms with Gasteiger partial charge in [-0.05, 0) is 53.9 Å². The van der Waals surface area contributed by atoms with Crippen molar-refractivity contribution in [2.45, 2.75) is 20.8 Å². The third kappa shape index (κ3) is 3.23. The number of amides is 1. The first-order valence-corrected chi connectivity index (χ1v) is 5.54. The van der Waals surface area contributed by atoms with E-state index in [1.165, 1.54) is 0 Å². The van der Waals surface area contributed by atoms with Crippen LogP contribution < -0.4 is 5.32 Å². The fourth-order valence-corrected chi connectivity index (χ4v) is 2.12. The molecule has 0 unspecified atom stereocenters. The Kier molecular flexibility index (Phi) is 4.15. The van der Waals surface area contributed by atoms with Crippen LogP contribution in [0.15, 0.2) is 16.6 Å². The summed E-state index contributed by atoms with van der Waals surface area (Å²) in [7, 11) is 0. The van der Waals surface area contributed by atoms with E-state index in [0.29, 0.717) is 6.61 Å². The van der Waals surface area contributed by atoms with Crippen LogP contribution in [0, 0.1) is 13.8 Å². The van der Waals surface area contributed by atoms with E-state index < -0.39 is 6.09 Å². The SMILES string of the molecule is CCOC(=O)Nc1c(C)cc(C)cc1Br. The molecule has 1 amide bonds. The van der Waals surface area contributed by atoms with Gasteiger partial charge in [-0.15, -0.1) is 0 Å². The molecule has 0 aromatic heterocycles. The highest BCUT2D eigenvalue weighted by Crippen LogP contribution is 2.27. The zero-order valence-corrected chi connectivity index (χ0v) is 10.6. The van der Waals surface area contributed by atoms with E-state index in [4.69, 9.17) is 4.74 Å². The quantitative estimate of drug-likeness (QED) is 0.892. The lowest BCUT2D eigenvalue weighted by Crippen LogP contribution is -2.14. The minimum atomic E-state index is -0.426. The Morgan fingerprint density at radius 1 is 1.47 bits per heavy atom. The van der Waals surface area contributed by atoms with Crippen LogP contribution in [0.2, 0.25) is 0 Å². The molecule has 1 N–H and O–H groups in total. The van der Waals surface area contributed by atoms with Gasteiger partial charge < -0.3 is 4.74 Å². The Morgan fingerprint density at radius 2 is 2.13 bits per heavy atom. The molecule has 4 heteroatoms. The summed E-state index contributed by atoms with van der Waals surface area (Å²) in [6.07, 6.45) is -0.426. The first-order chi connectivity index (χ1) is 7.04. The molecule has 0 bridgehead atoms. The number of carbonyl (C=O) groups is 1. The Labute approximate surface area is 97.9 Å². The number of halogens is 1. The highest BCUT2D eigenvalue weighted by molar-refractivity contribution is 9.10. The maximum Gasteiger partial charge on any atom is 0.411 e. The number of anilines is 1. The van der Waals surface area contributed by atoms with Gasteiger partial charge in [-0.25, -0.2) is 4.79 Å². The monoisotopic (exact) mass is 271 g/mol. The Bertz CT molecular complexity index is 354. The molecule has 3 nitrogen and oxygen atoms in total. The average molecular weight is 272 g/mol. The molecule has 0 atom stereocenters. The smallest absolute Gasteiger partial charge is 0.411 e. The van der Waals surface area contributed by atoms with E-state index in [9.17, 15) is 4.79 Å². The molecule has 1 aromatic carbocycles. The fraction of sp³-hybridized carbons (Fsp3) is 0.364. The van der Waals surface area contributed by atoms with Crippen molar-refractivity contribution < 1.29 is 9.53 Å². The molecule has 1 rings (SSSR count). The molecule has 0 heterocycles. The summed E-state index contributed by atoms with van der Waals surface area (Å²) < 4.78 is 5.68. The molecular weight excluding hydrogens is 258 g/mol. The molecule has 0 fully saturated rings. The Balaban J connectivity index is 2.90. The second-order valence-corrected chi connectivity index (χ2v) is 4.14. The second-order valence-electron chi connectivity index (χ2n) is 3.28. The minimum Gasteiger partial charge on any atom is -0.450 e. The maximum atomic E-state index is 11.2. The third-order valence-electron chi connectivity index (χ3n) is 1.93. The summed E-state index contributed by atoms with van der Waals surface area (Å²) in [5.74, 6) is 0. The highest BCUT2D eigenvalue weighted by Gasteiger charge is 2.08. The lowest BCUT2D eigenvalue weighted by molar-refractivity contribution is 0.168. The molecule has 0 radical (unpaired) electrons. The molecule has 0 aliphatic rings. The van der Waals surface area contributed by atoms with Crippen LogP contribution in [0.4, 0.5) is 10.5 Å². The van der Waals surface area contributed by atoms with Crippen molar-refractivity contribution in [1.82, 2.24) is 0 Å². The van der Waals surface area contributed by atoms with Gasteiger partial charge in [-0.2, -0.15) is 0 Å². The zero-order valence-electron chi connectivity index (χ0n) is 9.06. The van der Waals surface area contributed by atoms with Crippen LogP contribution in [0.5, 0.6) is 0 Å². The first kappa shape index (κ1) is 12.0. The van der Waals surface area contributed by atoms with Crippen molar-refractivity contribution in [3.05, 3.63) is 27.7 Å². The lowest BCUT2D eigenvalue weighted by Gasteiger charge is -2.11. The average Bonchev–Trinajstić information content (AvgIpc) is 2.11. The molecule has 82 valence electrons. The first-order valence-electron chi connectivity index (χ1n) is 4.75. The van der Waals surface area contributed by atoms with Gasteiger partial charge in [-0.1, -0.05) is 6.07 Å². The molecule has 15 heavy (non-hydrogen) atoms. The highest BCUT2D eigenvalue weighted by atomic mass is 79.9. The standard InChI is InChI=1S/C11H14BrNO2/c1-4-15-11(14)13-10-8(3)5-7(2)6-9(10)12/h5-6H,4H2,1-3H3,(H,13,14). The number of carbonyl (C=O) groups excluding carboxylic acids is 1. The van der Waals surface area contributed by atoms with Crippen molar-refractivity contribution in [3.8, 4) is 0 Å². The number of hydrogen-bond donors (Lipinski definition) is 1. The van der Waals surface area contributed by atoms with Gasteiger partial charge >= 0.3 is 6.09 Å². The molecule has 1 aromatic rings. The van der Waals surface area contributed by atoms with Crippen LogP contribution in [0.25, 0.3) is 0 Å². The van der Waals surface area contributed by atoms with E-state index in [-0.39, 0.29) is 0 Å². The van der Waals surface area contributed by atoms with Crippen molar-refractivity contribution in [1.29, 1.82) is 0 Å². The van der Waals surface area contributed by atoms with Crippen molar-refractivity contribution in [2.24, 2.45) is 0 Å². The van der Waals surface area contributed by atoms with Gasteiger partial charge in [-0.3, -0.25) is 5.32 Å². The Hall–Kier alpha value is -1.03. The summed E-state index contributed by atoms with van der Waals surface area (Å²) in [6, 6.07) is 3.96. The topological polar surface area (TPSA) is 38.3 Å². The molecule has 0 saturated heterocycles. The molecule has 0 spiro atoms. The van der Waals surface area contributed by atoms with Gasteiger partial charge in [0.15, 0.2) is 0 Å². The van der Waals surface area contributed by atoms with E-state index in [0.717, 1.165) is 21.3 Å². The van der Waals surface area contributed by atoms with Crippen LogP contribution in [0.3, 0.4) is 0 Å². The van der Waals surface area contributed by atoms with Crippen molar-refractivity contribution >= 4 is 27.7 Å². The lowest BCUT2D eigenvalue weighted by atomic mass is 10.1. The van der Waals surface area contributed by atoms with Gasteiger partial charge in [0.05, 0.1) is 12.3 Å². The number of nitrogens with one attached hydrogen (secondary N) is 1. The van der Waals surface area contributed by atoms with Crippen molar-refractivity contribution in [2.75, 3.05) is 11.9 Å². The summed E-state index contributed by atoms with van der Waals surface area (Å²) in [5.41, 5.74) is 2.92. The van der Waals surface area contributed by atoms with E-state index >= 15 is 0 Å². The summed E-state index contributed by atoms with van der Waals surface area (Å²) in [4.78, 5) is 11.2. The van der Waals surface area contributed by atoms with Gasteiger partial charge in [0.25, 0.3) is 0 Å².